The first kappa shape index (κ1) is 11.0. The van der Waals surface area contributed by atoms with Gasteiger partial charge in [0, 0.05) is 5.69 Å². The van der Waals surface area contributed by atoms with Crippen molar-refractivity contribution in [1.29, 1.82) is 0 Å². The SMILES string of the molecule is COC(=O)c1ccc(N2CC[N-]CC2)cc1. The fourth-order valence-corrected chi connectivity index (χ4v) is 1.79. The molecule has 1 heterocycles. The van der Waals surface area contributed by atoms with E-state index in [2.05, 4.69) is 15.0 Å². The van der Waals surface area contributed by atoms with E-state index in [4.69, 9.17) is 0 Å². The lowest BCUT2D eigenvalue weighted by Crippen LogP contribution is -2.33. The van der Waals surface area contributed by atoms with E-state index in [9.17, 15) is 4.79 Å². The number of ether oxygens (including phenoxy) is 1. The Kier molecular flexibility index (Phi) is 3.41. The van der Waals surface area contributed by atoms with Crippen molar-refractivity contribution in [3.8, 4) is 0 Å². The maximum atomic E-state index is 11.3. The van der Waals surface area contributed by atoms with Gasteiger partial charge in [0.15, 0.2) is 0 Å². The van der Waals surface area contributed by atoms with E-state index in [1.54, 1.807) is 12.1 Å². The summed E-state index contributed by atoms with van der Waals surface area (Å²) in [6.45, 7) is 3.69. The zero-order valence-electron chi connectivity index (χ0n) is 9.35. The quantitative estimate of drug-likeness (QED) is 0.711. The average Bonchev–Trinajstić information content (AvgIpc) is 2.39. The standard InChI is InChI=1S/C12H15N2O2/c1-16-12(15)10-2-4-11(5-3-10)14-8-6-13-7-9-14/h2-5H,6-9H2,1H3/q-1. The van der Waals surface area contributed by atoms with Crippen molar-refractivity contribution in [2.75, 3.05) is 38.2 Å². The number of benzene rings is 1. The van der Waals surface area contributed by atoms with Crippen molar-refractivity contribution in [3.63, 3.8) is 0 Å². The van der Waals surface area contributed by atoms with E-state index >= 15 is 0 Å². The van der Waals surface area contributed by atoms with E-state index < -0.39 is 0 Å². The van der Waals surface area contributed by atoms with Crippen molar-refractivity contribution >= 4 is 11.7 Å². The van der Waals surface area contributed by atoms with Crippen molar-refractivity contribution < 1.29 is 9.53 Å². The molecule has 4 heteroatoms. The van der Waals surface area contributed by atoms with Gasteiger partial charge in [0.1, 0.15) is 0 Å². The molecular weight excluding hydrogens is 204 g/mol. The Bertz CT molecular complexity index is 356. The van der Waals surface area contributed by atoms with Crippen molar-refractivity contribution in [3.05, 3.63) is 35.1 Å². The molecule has 1 fully saturated rings. The van der Waals surface area contributed by atoms with E-state index in [0.29, 0.717) is 5.56 Å². The fraction of sp³-hybridized carbons (Fsp3) is 0.417. The Morgan fingerprint density at radius 2 is 1.88 bits per heavy atom. The third-order valence-electron chi connectivity index (χ3n) is 2.71. The minimum atomic E-state index is -0.291. The number of hydrogen-bond acceptors (Lipinski definition) is 3. The Morgan fingerprint density at radius 3 is 2.44 bits per heavy atom. The van der Waals surface area contributed by atoms with Gasteiger partial charge >= 0.3 is 5.97 Å². The third kappa shape index (κ3) is 2.33. The Morgan fingerprint density at radius 1 is 1.25 bits per heavy atom. The largest absolute Gasteiger partial charge is 0.659 e. The van der Waals surface area contributed by atoms with Crippen LogP contribution in [0.5, 0.6) is 0 Å². The highest BCUT2D eigenvalue weighted by atomic mass is 16.5. The van der Waals surface area contributed by atoms with Crippen LogP contribution in [-0.4, -0.2) is 39.3 Å². The van der Waals surface area contributed by atoms with Crippen LogP contribution in [0.25, 0.3) is 5.32 Å². The molecular formula is C12H15N2O2-. The lowest BCUT2D eigenvalue weighted by atomic mass is 10.2. The summed E-state index contributed by atoms with van der Waals surface area (Å²) in [6.07, 6.45) is 0. The van der Waals surface area contributed by atoms with Gasteiger partial charge in [-0.25, -0.2) is 4.79 Å². The van der Waals surface area contributed by atoms with Crippen LogP contribution in [0, 0.1) is 0 Å². The van der Waals surface area contributed by atoms with E-state index in [0.717, 1.165) is 31.9 Å². The highest BCUT2D eigenvalue weighted by Gasteiger charge is 2.08. The van der Waals surface area contributed by atoms with Gasteiger partial charge in [-0.2, -0.15) is 0 Å². The molecule has 0 aromatic heterocycles. The van der Waals surface area contributed by atoms with Gasteiger partial charge in [-0.3, -0.25) is 0 Å². The number of carbonyl (C=O) groups is 1. The Labute approximate surface area is 95.2 Å². The molecule has 1 aromatic rings. The van der Waals surface area contributed by atoms with Gasteiger partial charge in [-0.1, -0.05) is 0 Å². The highest BCUT2D eigenvalue weighted by Crippen LogP contribution is 2.17. The average molecular weight is 219 g/mol. The van der Waals surface area contributed by atoms with Crippen LogP contribution in [0.4, 0.5) is 5.69 Å². The number of hydrogen-bond donors (Lipinski definition) is 0. The molecule has 0 amide bonds. The van der Waals surface area contributed by atoms with Crippen molar-refractivity contribution in [2.45, 2.75) is 0 Å². The maximum absolute atomic E-state index is 11.3. The second-order valence-electron chi connectivity index (χ2n) is 3.70. The molecule has 4 nitrogen and oxygen atoms in total. The summed E-state index contributed by atoms with van der Waals surface area (Å²) >= 11 is 0. The summed E-state index contributed by atoms with van der Waals surface area (Å²) in [6, 6.07) is 7.51. The van der Waals surface area contributed by atoms with Gasteiger partial charge in [0.05, 0.1) is 12.7 Å². The normalized spacial score (nSPS) is 15.9. The third-order valence-corrected chi connectivity index (χ3v) is 2.71. The number of anilines is 1. The van der Waals surface area contributed by atoms with E-state index in [-0.39, 0.29) is 5.97 Å². The number of nitrogens with zero attached hydrogens (tertiary/aromatic N) is 2. The number of rotatable bonds is 2. The predicted molar refractivity (Wildman–Crippen MR) is 63.1 cm³/mol. The van der Waals surface area contributed by atoms with Gasteiger partial charge in [0.25, 0.3) is 0 Å². The summed E-state index contributed by atoms with van der Waals surface area (Å²) in [4.78, 5) is 13.5. The maximum Gasteiger partial charge on any atom is 0.337 e. The van der Waals surface area contributed by atoms with Gasteiger partial charge in [-0.15, -0.1) is 13.1 Å². The Hall–Kier alpha value is -1.55. The van der Waals surface area contributed by atoms with E-state index in [1.165, 1.54) is 7.11 Å². The van der Waals surface area contributed by atoms with Crippen LogP contribution in [-0.2, 0) is 4.74 Å². The monoisotopic (exact) mass is 219 g/mol. The minimum absolute atomic E-state index is 0.291. The summed E-state index contributed by atoms with van der Waals surface area (Å²) in [7, 11) is 1.39. The van der Waals surface area contributed by atoms with Crippen molar-refractivity contribution in [2.24, 2.45) is 0 Å². The van der Waals surface area contributed by atoms with Gasteiger partial charge in [0.2, 0.25) is 0 Å². The van der Waals surface area contributed by atoms with Gasteiger partial charge in [-0.05, 0) is 37.4 Å². The topological polar surface area (TPSA) is 43.6 Å². The first-order chi connectivity index (χ1) is 7.81. The molecule has 86 valence electrons. The first-order valence-corrected chi connectivity index (χ1v) is 5.38. The second-order valence-corrected chi connectivity index (χ2v) is 3.70. The van der Waals surface area contributed by atoms with Crippen LogP contribution in [0.3, 0.4) is 0 Å². The molecule has 2 rings (SSSR count). The molecule has 0 radical (unpaired) electrons. The predicted octanol–water partition coefficient (Wildman–Crippen LogP) is 1.67. The zero-order valence-corrected chi connectivity index (χ0v) is 9.35. The molecule has 0 spiro atoms. The molecule has 0 atom stereocenters. The Balaban J connectivity index is 2.09. The van der Waals surface area contributed by atoms with Crippen LogP contribution in [0.1, 0.15) is 10.4 Å². The molecule has 16 heavy (non-hydrogen) atoms. The van der Waals surface area contributed by atoms with Crippen LogP contribution in [0.2, 0.25) is 0 Å². The zero-order chi connectivity index (χ0) is 11.4. The molecule has 0 unspecified atom stereocenters. The number of methoxy groups -OCH3 is 1. The molecule has 0 aliphatic carbocycles. The smallest absolute Gasteiger partial charge is 0.337 e. The molecule has 0 bridgehead atoms. The van der Waals surface area contributed by atoms with Crippen LogP contribution in [0.15, 0.2) is 24.3 Å². The molecule has 0 saturated carbocycles. The summed E-state index contributed by atoms with van der Waals surface area (Å²) < 4.78 is 4.65. The molecule has 0 N–H and O–H groups in total. The fourth-order valence-electron chi connectivity index (χ4n) is 1.79. The summed E-state index contributed by atoms with van der Waals surface area (Å²) in [5.41, 5.74) is 1.73. The molecule has 1 aliphatic rings. The second kappa shape index (κ2) is 4.99. The van der Waals surface area contributed by atoms with Crippen LogP contribution < -0.4 is 4.90 Å². The number of esters is 1. The number of piperazine rings is 1. The molecule has 1 aromatic carbocycles. The first-order valence-electron chi connectivity index (χ1n) is 5.38. The highest BCUT2D eigenvalue weighted by molar-refractivity contribution is 5.89. The molecule has 1 saturated heterocycles. The lowest BCUT2D eigenvalue weighted by molar-refractivity contribution is 0.0601. The van der Waals surface area contributed by atoms with Gasteiger partial charge < -0.3 is 15.0 Å². The summed E-state index contributed by atoms with van der Waals surface area (Å²) in [5, 5.41) is 4.30. The molecule has 1 aliphatic heterocycles. The van der Waals surface area contributed by atoms with Crippen LogP contribution >= 0.6 is 0 Å². The van der Waals surface area contributed by atoms with Crippen molar-refractivity contribution in [1.82, 2.24) is 0 Å². The number of carbonyl (C=O) groups excluding carboxylic acids is 1. The minimum Gasteiger partial charge on any atom is -0.659 e. The lowest BCUT2D eigenvalue weighted by Gasteiger charge is -2.36. The van der Waals surface area contributed by atoms with E-state index in [1.807, 2.05) is 12.1 Å². The summed E-state index contributed by atoms with van der Waals surface area (Å²) in [5.74, 6) is -0.291.